The van der Waals surface area contributed by atoms with Crippen LogP contribution in [0.25, 0.3) is 0 Å². The van der Waals surface area contributed by atoms with E-state index in [0.717, 1.165) is 23.4 Å². The first-order valence-electron chi connectivity index (χ1n) is 8.14. The predicted octanol–water partition coefficient (Wildman–Crippen LogP) is 4.30. The third-order valence-corrected chi connectivity index (χ3v) is 4.95. The number of pyridine rings is 1. The van der Waals surface area contributed by atoms with Gasteiger partial charge < -0.3 is 9.84 Å². The largest absolute Gasteiger partial charge is 0.361 e. The molecule has 2 heterocycles. The standard InChI is InChI=1S/C19H18ClN3O2S/c1-13-11-16(23-25-13)12-26-19-17(3-2-9-22-19)18(24)21-10-8-14-4-6-15(20)7-5-14/h2-7,9,11H,8,10,12H2,1H3,(H,21,24). The Balaban J connectivity index is 1.57. The fourth-order valence-electron chi connectivity index (χ4n) is 2.37. The second-order valence-corrected chi connectivity index (χ2v) is 7.11. The van der Waals surface area contributed by atoms with E-state index in [9.17, 15) is 4.79 Å². The molecule has 1 N–H and O–H groups in total. The van der Waals surface area contributed by atoms with Crippen molar-refractivity contribution in [2.75, 3.05) is 6.54 Å². The first-order chi connectivity index (χ1) is 12.6. The molecule has 0 aliphatic heterocycles. The molecule has 0 atom stereocenters. The fraction of sp³-hybridized carbons (Fsp3) is 0.211. The van der Waals surface area contributed by atoms with Crippen molar-refractivity contribution in [3.63, 3.8) is 0 Å². The number of thioether (sulfide) groups is 1. The van der Waals surface area contributed by atoms with Crippen LogP contribution >= 0.6 is 23.4 Å². The van der Waals surface area contributed by atoms with Crippen LogP contribution in [-0.4, -0.2) is 22.6 Å². The van der Waals surface area contributed by atoms with E-state index in [2.05, 4.69) is 15.5 Å². The summed E-state index contributed by atoms with van der Waals surface area (Å²) in [6, 6.07) is 13.0. The molecule has 7 heteroatoms. The van der Waals surface area contributed by atoms with E-state index in [1.165, 1.54) is 11.8 Å². The minimum Gasteiger partial charge on any atom is -0.361 e. The number of nitrogens with zero attached hydrogens (tertiary/aromatic N) is 2. The van der Waals surface area contributed by atoms with Crippen molar-refractivity contribution in [3.05, 3.63) is 76.3 Å². The average molecular weight is 388 g/mol. The number of carbonyl (C=O) groups excluding carboxylic acids is 1. The lowest BCUT2D eigenvalue weighted by atomic mass is 10.1. The Morgan fingerprint density at radius 2 is 2.08 bits per heavy atom. The molecule has 1 amide bonds. The molecule has 26 heavy (non-hydrogen) atoms. The molecule has 1 aromatic carbocycles. The molecule has 0 unspecified atom stereocenters. The topological polar surface area (TPSA) is 68.0 Å². The molecular weight excluding hydrogens is 370 g/mol. The molecule has 134 valence electrons. The maximum atomic E-state index is 12.5. The number of halogens is 1. The van der Waals surface area contributed by atoms with Crippen LogP contribution in [-0.2, 0) is 12.2 Å². The van der Waals surface area contributed by atoms with Crippen LogP contribution in [0.4, 0.5) is 0 Å². The van der Waals surface area contributed by atoms with E-state index >= 15 is 0 Å². The first-order valence-corrected chi connectivity index (χ1v) is 9.51. The molecule has 0 saturated carbocycles. The van der Waals surface area contributed by atoms with Gasteiger partial charge in [-0.05, 0) is 43.2 Å². The van der Waals surface area contributed by atoms with Gasteiger partial charge >= 0.3 is 0 Å². The number of aryl methyl sites for hydroxylation is 1. The van der Waals surface area contributed by atoms with E-state index in [-0.39, 0.29) is 5.91 Å². The number of rotatable bonds is 7. The van der Waals surface area contributed by atoms with Gasteiger partial charge in [0.15, 0.2) is 0 Å². The highest BCUT2D eigenvalue weighted by Gasteiger charge is 2.13. The van der Waals surface area contributed by atoms with E-state index in [1.807, 2.05) is 37.3 Å². The zero-order valence-corrected chi connectivity index (χ0v) is 15.8. The lowest BCUT2D eigenvalue weighted by Gasteiger charge is -2.09. The number of aromatic nitrogens is 2. The molecule has 0 radical (unpaired) electrons. The minimum absolute atomic E-state index is 0.133. The highest BCUT2D eigenvalue weighted by atomic mass is 35.5. The minimum atomic E-state index is -0.133. The normalized spacial score (nSPS) is 10.7. The van der Waals surface area contributed by atoms with Crippen LogP contribution in [0.3, 0.4) is 0 Å². The van der Waals surface area contributed by atoms with E-state index in [1.54, 1.807) is 18.3 Å². The Bertz CT molecular complexity index is 881. The summed E-state index contributed by atoms with van der Waals surface area (Å²) >= 11 is 7.34. The number of benzene rings is 1. The van der Waals surface area contributed by atoms with Crippen LogP contribution in [0.15, 0.2) is 58.2 Å². The van der Waals surface area contributed by atoms with E-state index in [0.29, 0.717) is 27.9 Å². The van der Waals surface area contributed by atoms with Crippen molar-refractivity contribution in [1.82, 2.24) is 15.5 Å². The molecule has 3 rings (SSSR count). The smallest absolute Gasteiger partial charge is 0.254 e. The zero-order valence-electron chi connectivity index (χ0n) is 14.2. The SMILES string of the molecule is Cc1cc(CSc2ncccc2C(=O)NCCc2ccc(Cl)cc2)no1. The molecule has 0 fully saturated rings. The van der Waals surface area contributed by atoms with Crippen LogP contribution in [0.5, 0.6) is 0 Å². The lowest BCUT2D eigenvalue weighted by Crippen LogP contribution is -2.26. The lowest BCUT2D eigenvalue weighted by molar-refractivity contribution is 0.0950. The predicted molar refractivity (Wildman–Crippen MR) is 103 cm³/mol. The summed E-state index contributed by atoms with van der Waals surface area (Å²) in [4.78, 5) is 16.8. The van der Waals surface area contributed by atoms with Gasteiger partial charge in [0.2, 0.25) is 0 Å². The summed E-state index contributed by atoms with van der Waals surface area (Å²) in [5.41, 5.74) is 2.51. The number of carbonyl (C=O) groups is 1. The number of hydrogen-bond donors (Lipinski definition) is 1. The molecule has 0 saturated heterocycles. The summed E-state index contributed by atoms with van der Waals surface area (Å²) in [6.45, 7) is 2.39. The zero-order chi connectivity index (χ0) is 18.4. The Morgan fingerprint density at radius 1 is 1.27 bits per heavy atom. The first kappa shape index (κ1) is 18.5. The van der Waals surface area contributed by atoms with Gasteiger partial charge in [-0.2, -0.15) is 0 Å². The summed E-state index contributed by atoms with van der Waals surface area (Å²) in [7, 11) is 0. The number of nitrogens with one attached hydrogen (secondary N) is 1. The van der Waals surface area contributed by atoms with Gasteiger partial charge in [-0.25, -0.2) is 4.98 Å². The molecule has 3 aromatic rings. The summed E-state index contributed by atoms with van der Waals surface area (Å²) in [6.07, 6.45) is 2.42. The molecule has 0 aliphatic carbocycles. The van der Waals surface area contributed by atoms with Gasteiger partial charge in [0, 0.05) is 29.6 Å². The fourth-order valence-corrected chi connectivity index (χ4v) is 3.37. The third-order valence-electron chi connectivity index (χ3n) is 3.66. The van der Waals surface area contributed by atoms with E-state index in [4.69, 9.17) is 16.1 Å². The van der Waals surface area contributed by atoms with Crippen molar-refractivity contribution in [2.24, 2.45) is 0 Å². The van der Waals surface area contributed by atoms with Crippen molar-refractivity contribution < 1.29 is 9.32 Å². The van der Waals surface area contributed by atoms with Gasteiger partial charge in [-0.1, -0.05) is 40.7 Å². The monoisotopic (exact) mass is 387 g/mol. The van der Waals surface area contributed by atoms with Crippen LogP contribution in [0.1, 0.15) is 27.4 Å². The van der Waals surface area contributed by atoms with Gasteiger partial charge in [-0.15, -0.1) is 0 Å². The molecule has 2 aromatic heterocycles. The maximum absolute atomic E-state index is 12.5. The summed E-state index contributed by atoms with van der Waals surface area (Å²) in [5, 5.41) is 8.29. The van der Waals surface area contributed by atoms with Crippen LogP contribution in [0.2, 0.25) is 5.02 Å². The number of amides is 1. The Kier molecular flexibility index (Phi) is 6.30. The Hall–Kier alpha value is -2.31. The third kappa shape index (κ3) is 5.09. The Morgan fingerprint density at radius 3 is 2.81 bits per heavy atom. The van der Waals surface area contributed by atoms with Gasteiger partial charge in [0.1, 0.15) is 10.8 Å². The van der Waals surface area contributed by atoms with Crippen molar-refractivity contribution in [2.45, 2.75) is 24.1 Å². The van der Waals surface area contributed by atoms with Gasteiger partial charge in [-0.3, -0.25) is 4.79 Å². The summed E-state index contributed by atoms with van der Waals surface area (Å²) in [5.74, 6) is 1.23. The molecular formula is C19H18ClN3O2S. The van der Waals surface area contributed by atoms with Crippen molar-refractivity contribution in [3.8, 4) is 0 Å². The molecule has 5 nitrogen and oxygen atoms in total. The highest BCUT2D eigenvalue weighted by Crippen LogP contribution is 2.24. The Labute approximate surface area is 161 Å². The van der Waals surface area contributed by atoms with Crippen LogP contribution in [0, 0.1) is 6.92 Å². The molecule has 0 aliphatic rings. The van der Waals surface area contributed by atoms with E-state index < -0.39 is 0 Å². The number of hydrogen-bond acceptors (Lipinski definition) is 5. The summed E-state index contributed by atoms with van der Waals surface area (Å²) < 4.78 is 5.06. The maximum Gasteiger partial charge on any atom is 0.254 e. The average Bonchev–Trinajstić information content (AvgIpc) is 3.07. The quantitative estimate of drug-likeness (QED) is 0.612. The second-order valence-electron chi connectivity index (χ2n) is 5.71. The van der Waals surface area contributed by atoms with Crippen molar-refractivity contribution in [1.29, 1.82) is 0 Å². The van der Waals surface area contributed by atoms with Crippen LogP contribution < -0.4 is 5.32 Å². The second kappa shape index (κ2) is 8.87. The van der Waals surface area contributed by atoms with Gasteiger partial charge in [0.05, 0.1) is 11.3 Å². The van der Waals surface area contributed by atoms with Crippen molar-refractivity contribution >= 4 is 29.3 Å². The highest BCUT2D eigenvalue weighted by molar-refractivity contribution is 7.98. The van der Waals surface area contributed by atoms with Gasteiger partial charge in [0.25, 0.3) is 5.91 Å². The molecule has 0 bridgehead atoms. The molecule has 0 spiro atoms.